The zero-order chi connectivity index (χ0) is 18.7. The number of benzene rings is 1. The molecule has 1 aromatic carbocycles. The lowest BCUT2D eigenvalue weighted by Crippen LogP contribution is -2.16. The van der Waals surface area contributed by atoms with Gasteiger partial charge in [-0.2, -0.15) is 18.2 Å². The van der Waals surface area contributed by atoms with Crippen LogP contribution in [0.3, 0.4) is 0 Å². The van der Waals surface area contributed by atoms with Crippen LogP contribution >= 0.6 is 23.5 Å². The number of nitrogens with one attached hydrogen (secondary N) is 1. The summed E-state index contributed by atoms with van der Waals surface area (Å²) in [6.07, 6.45) is -2.73. The van der Waals surface area contributed by atoms with Gasteiger partial charge in [0.05, 0.1) is 5.75 Å². The molecule has 0 saturated carbocycles. The molecule has 0 fully saturated rings. The third kappa shape index (κ3) is 4.47. The molecule has 136 valence electrons. The number of rotatable bonds is 5. The smallest absolute Gasteiger partial charge is 0.338 e. The first-order valence-corrected chi connectivity index (χ1v) is 9.34. The maximum atomic E-state index is 12.7. The molecular formula is C15H11F3N4O2S2. The van der Waals surface area contributed by atoms with Crippen molar-refractivity contribution in [2.45, 2.75) is 22.0 Å². The van der Waals surface area contributed by atoms with E-state index >= 15 is 0 Å². The van der Waals surface area contributed by atoms with E-state index in [9.17, 15) is 18.0 Å². The van der Waals surface area contributed by atoms with E-state index in [1.54, 1.807) is 11.8 Å². The first kappa shape index (κ1) is 18.5. The number of aromatic nitrogens is 4. The van der Waals surface area contributed by atoms with E-state index < -0.39 is 17.4 Å². The molecule has 2 heterocycles. The molecule has 0 aliphatic carbocycles. The van der Waals surface area contributed by atoms with Gasteiger partial charge >= 0.3 is 6.18 Å². The topological polar surface area (TPSA) is 84.7 Å². The number of hydrogen-bond acceptors (Lipinski definition) is 7. The second-order valence-electron chi connectivity index (χ2n) is 4.96. The largest absolute Gasteiger partial charge is 0.433 e. The van der Waals surface area contributed by atoms with E-state index in [1.165, 1.54) is 0 Å². The molecule has 0 amide bonds. The Labute approximate surface area is 153 Å². The Hall–Kier alpha value is -2.27. The molecule has 0 aliphatic rings. The molecule has 3 rings (SSSR count). The van der Waals surface area contributed by atoms with Gasteiger partial charge in [-0.25, -0.2) is 4.98 Å². The van der Waals surface area contributed by atoms with E-state index in [2.05, 4.69) is 20.1 Å². The summed E-state index contributed by atoms with van der Waals surface area (Å²) in [5, 5.41) is 3.68. The number of aromatic amines is 1. The Morgan fingerprint density at radius 3 is 2.58 bits per heavy atom. The van der Waals surface area contributed by atoms with Crippen LogP contribution in [0.4, 0.5) is 13.2 Å². The van der Waals surface area contributed by atoms with Crippen molar-refractivity contribution >= 4 is 23.5 Å². The fourth-order valence-electron chi connectivity index (χ4n) is 1.95. The lowest BCUT2D eigenvalue weighted by atomic mass is 10.2. The van der Waals surface area contributed by atoms with Crippen molar-refractivity contribution in [3.63, 3.8) is 0 Å². The predicted octanol–water partition coefficient (Wildman–Crippen LogP) is 3.85. The van der Waals surface area contributed by atoms with E-state index in [-0.39, 0.29) is 16.8 Å². The molecule has 0 aliphatic heterocycles. The van der Waals surface area contributed by atoms with Gasteiger partial charge in [-0.15, -0.1) is 11.8 Å². The van der Waals surface area contributed by atoms with Crippen LogP contribution in [0, 0.1) is 0 Å². The highest BCUT2D eigenvalue weighted by molar-refractivity contribution is 7.98. The number of thioether (sulfide) groups is 2. The molecule has 0 unspecified atom stereocenters. The van der Waals surface area contributed by atoms with Crippen molar-refractivity contribution in [2.75, 3.05) is 6.26 Å². The molecule has 6 nitrogen and oxygen atoms in total. The molecule has 1 N–H and O–H groups in total. The molecule has 0 radical (unpaired) electrons. The minimum Gasteiger partial charge on any atom is -0.338 e. The number of alkyl halides is 3. The van der Waals surface area contributed by atoms with Gasteiger partial charge in [0, 0.05) is 16.5 Å². The molecular weight excluding hydrogens is 389 g/mol. The summed E-state index contributed by atoms with van der Waals surface area (Å²) in [5.74, 6) is 0.651. The number of hydrogen-bond donors (Lipinski definition) is 1. The zero-order valence-electron chi connectivity index (χ0n) is 13.2. The van der Waals surface area contributed by atoms with Crippen molar-refractivity contribution in [3.05, 3.63) is 52.3 Å². The minimum absolute atomic E-state index is 0.0696. The Bertz CT molecular complexity index is 955. The van der Waals surface area contributed by atoms with Gasteiger partial charge in [0.2, 0.25) is 11.7 Å². The fraction of sp³-hybridized carbons (Fsp3) is 0.200. The molecule has 0 saturated heterocycles. The van der Waals surface area contributed by atoms with E-state index in [0.29, 0.717) is 11.9 Å². The SMILES string of the molecule is CSc1ccc(-c2noc(CSc3nc(C(F)(F)F)cc(=O)[nH]3)n2)cc1. The van der Waals surface area contributed by atoms with Gasteiger partial charge < -0.3 is 9.51 Å². The molecule has 2 aromatic heterocycles. The maximum Gasteiger partial charge on any atom is 0.433 e. The zero-order valence-corrected chi connectivity index (χ0v) is 14.8. The van der Waals surface area contributed by atoms with Crippen molar-refractivity contribution in [1.29, 1.82) is 0 Å². The van der Waals surface area contributed by atoms with Crippen LogP contribution in [-0.4, -0.2) is 26.4 Å². The molecule has 11 heteroatoms. The van der Waals surface area contributed by atoms with Crippen LogP contribution in [-0.2, 0) is 11.9 Å². The number of nitrogens with zero attached hydrogens (tertiary/aromatic N) is 3. The van der Waals surface area contributed by atoms with Crippen LogP contribution in [0.25, 0.3) is 11.4 Å². The lowest BCUT2D eigenvalue weighted by molar-refractivity contribution is -0.141. The van der Waals surface area contributed by atoms with Crippen molar-refractivity contribution in [2.24, 2.45) is 0 Å². The fourth-order valence-corrected chi connectivity index (χ4v) is 3.07. The molecule has 0 atom stereocenters. The van der Waals surface area contributed by atoms with Crippen molar-refractivity contribution in [3.8, 4) is 11.4 Å². The van der Waals surface area contributed by atoms with Gasteiger partial charge in [0.15, 0.2) is 10.9 Å². The van der Waals surface area contributed by atoms with Crippen molar-refractivity contribution in [1.82, 2.24) is 20.1 Å². The van der Waals surface area contributed by atoms with Crippen molar-refractivity contribution < 1.29 is 17.7 Å². The van der Waals surface area contributed by atoms with Gasteiger partial charge in [0.25, 0.3) is 5.56 Å². The first-order valence-electron chi connectivity index (χ1n) is 7.13. The summed E-state index contributed by atoms with van der Waals surface area (Å²) < 4.78 is 43.2. The van der Waals surface area contributed by atoms with Gasteiger partial charge in [-0.05, 0) is 30.5 Å². The Balaban J connectivity index is 1.72. The Kier molecular flexibility index (Phi) is 5.37. The monoisotopic (exact) mass is 400 g/mol. The Morgan fingerprint density at radius 2 is 1.92 bits per heavy atom. The lowest BCUT2D eigenvalue weighted by Gasteiger charge is -2.06. The second-order valence-corrected chi connectivity index (χ2v) is 6.81. The molecule has 3 aromatic rings. The summed E-state index contributed by atoms with van der Waals surface area (Å²) in [5.41, 5.74) is -1.37. The highest BCUT2D eigenvalue weighted by Gasteiger charge is 2.33. The average Bonchev–Trinajstić information content (AvgIpc) is 3.08. The highest BCUT2D eigenvalue weighted by atomic mass is 32.2. The van der Waals surface area contributed by atoms with E-state index in [1.807, 2.05) is 30.5 Å². The van der Waals surface area contributed by atoms with Gasteiger partial charge in [-0.1, -0.05) is 16.9 Å². The summed E-state index contributed by atoms with van der Waals surface area (Å²) in [6.45, 7) is 0. The van der Waals surface area contributed by atoms with Gasteiger partial charge in [0.1, 0.15) is 0 Å². The molecule has 0 bridgehead atoms. The van der Waals surface area contributed by atoms with Crippen LogP contribution in [0.15, 0.2) is 49.7 Å². The summed E-state index contributed by atoms with van der Waals surface area (Å²) in [4.78, 5) is 22.3. The van der Waals surface area contributed by atoms with E-state index in [4.69, 9.17) is 4.52 Å². The summed E-state index contributed by atoms with van der Waals surface area (Å²) in [7, 11) is 0. The predicted molar refractivity (Wildman–Crippen MR) is 90.9 cm³/mol. The third-order valence-corrected chi connectivity index (χ3v) is 4.76. The standard InChI is InChI=1S/C15H11F3N4O2S2/c1-25-9-4-2-8(3-5-9)13-21-12(24-22-13)7-26-14-19-10(15(16,17)18)6-11(23)20-14/h2-6H,7H2,1H3,(H,19,20,23). The molecule has 26 heavy (non-hydrogen) atoms. The Morgan fingerprint density at radius 1 is 1.19 bits per heavy atom. The average molecular weight is 400 g/mol. The number of halogens is 3. The quantitative estimate of drug-likeness (QED) is 0.514. The van der Waals surface area contributed by atoms with E-state index in [0.717, 1.165) is 22.2 Å². The molecule has 0 spiro atoms. The normalized spacial score (nSPS) is 11.7. The number of H-pyrrole nitrogens is 1. The van der Waals surface area contributed by atoms with Gasteiger partial charge in [-0.3, -0.25) is 4.79 Å². The second kappa shape index (κ2) is 7.54. The summed E-state index contributed by atoms with van der Waals surface area (Å²) in [6, 6.07) is 7.94. The highest BCUT2D eigenvalue weighted by Crippen LogP contribution is 2.28. The van der Waals surface area contributed by atoms with Crippen LogP contribution < -0.4 is 5.56 Å². The maximum absolute atomic E-state index is 12.7. The van der Waals surface area contributed by atoms with Crippen LogP contribution in [0.2, 0.25) is 0 Å². The minimum atomic E-state index is -4.69. The summed E-state index contributed by atoms with van der Waals surface area (Å²) >= 11 is 2.47. The first-order chi connectivity index (χ1) is 12.3. The van der Waals surface area contributed by atoms with Crippen LogP contribution in [0.5, 0.6) is 0 Å². The van der Waals surface area contributed by atoms with Crippen LogP contribution in [0.1, 0.15) is 11.6 Å². The third-order valence-electron chi connectivity index (χ3n) is 3.16.